The summed E-state index contributed by atoms with van der Waals surface area (Å²) in [6.07, 6.45) is 1.93. The number of benzene rings is 1. The van der Waals surface area contributed by atoms with Crippen molar-refractivity contribution in [2.45, 2.75) is 40.2 Å². The molecule has 0 aliphatic heterocycles. The monoisotopic (exact) mass is 370 g/mol. The van der Waals surface area contributed by atoms with Crippen molar-refractivity contribution < 1.29 is 9.53 Å². The van der Waals surface area contributed by atoms with E-state index in [4.69, 9.17) is 4.74 Å². The first kappa shape index (κ1) is 18.3. The SMILES string of the molecule is CCOC(=O)[C@@H](CC)n1cnc2sc(C)c(-c3ccc(C)cc3)c2c1=O. The Morgan fingerprint density at radius 2 is 1.92 bits per heavy atom. The largest absolute Gasteiger partial charge is 0.464 e. The Bertz CT molecular complexity index is 1000. The number of carbonyl (C=O) groups is 1. The van der Waals surface area contributed by atoms with Crippen LogP contribution in [0.2, 0.25) is 0 Å². The standard InChI is InChI=1S/C20H22N2O3S/c1-5-15(20(24)25-6-2)22-11-21-18-17(19(22)23)16(13(4)26-18)14-9-7-12(3)8-10-14/h7-11,15H,5-6H2,1-4H3/t15-/m1/s1. The fourth-order valence-electron chi connectivity index (χ4n) is 3.12. The number of aromatic nitrogens is 2. The quantitative estimate of drug-likeness (QED) is 0.630. The van der Waals surface area contributed by atoms with Crippen LogP contribution in [0.5, 0.6) is 0 Å². The molecule has 0 saturated carbocycles. The second kappa shape index (κ2) is 7.41. The number of hydrogen-bond acceptors (Lipinski definition) is 5. The van der Waals surface area contributed by atoms with Crippen molar-refractivity contribution in [2.24, 2.45) is 0 Å². The summed E-state index contributed by atoms with van der Waals surface area (Å²) in [5, 5.41) is 0.571. The highest BCUT2D eigenvalue weighted by atomic mass is 32.1. The minimum absolute atomic E-state index is 0.199. The molecule has 0 aliphatic carbocycles. The van der Waals surface area contributed by atoms with Crippen LogP contribution in [-0.2, 0) is 9.53 Å². The predicted molar refractivity (Wildman–Crippen MR) is 105 cm³/mol. The van der Waals surface area contributed by atoms with Crippen LogP contribution in [0.1, 0.15) is 36.8 Å². The lowest BCUT2D eigenvalue weighted by molar-refractivity contribution is -0.147. The van der Waals surface area contributed by atoms with Gasteiger partial charge in [0.15, 0.2) is 0 Å². The van der Waals surface area contributed by atoms with E-state index in [9.17, 15) is 9.59 Å². The number of carbonyl (C=O) groups excluding carboxylic acids is 1. The Morgan fingerprint density at radius 1 is 1.23 bits per heavy atom. The van der Waals surface area contributed by atoms with Crippen molar-refractivity contribution in [3.8, 4) is 11.1 Å². The number of fused-ring (bicyclic) bond motifs is 1. The number of esters is 1. The molecule has 0 N–H and O–H groups in total. The molecule has 1 atom stereocenters. The van der Waals surface area contributed by atoms with E-state index in [2.05, 4.69) is 4.98 Å². The molecular weight excluding hydrogens is 348 g/mol. The molecule has 0 aliphatic rings. The van der Waals surface area contributed by atoms with E-state index in [1.165, 1.54) is 22.2 Å². The highest BCUT2D eigenvalue weighted by Crippen LogP contribution is 2.35. The Kier molecular flexibility index (Phi) is 5.23. The molecule has 5 nitrogen and oxygen atoms in total. The Hall–Kier alpha value is -2.47. The van der Waals surface area contributed by atoms with E-state index in [0.717, 1.165) is 21.6 Å². The maximum atomic E-state index is 13.2. The van der Waals surface area contributed by atoms with Crippen molar-refractivity contribution in [1.82, 2.24) is 9.55 Å². The van der Waals surface area contributed by atoms with Crippen molar-refractivity contribution in [2.75, 3.05) is 6.61 Å². The van der Waals surface area contributed by atoms with Crippen LogP contribution in [0.4, 0.5) is 0 Å². The molecule has 0 bridgehead atoms. The smallest absolute Gasteiger partial charge is 0.329 e. The second-order valence-electron chi connectivity index (χ2n) is 6.21. The molecule has 3 aromatic rings. The summed E-state index contributed by atoms with van der Waals surface area (Å²) in [6, 6.07) is 7.43. The first-order valence-corrected chi connectivity index (χ1v) is 9.53. The predicted octanol–water partition coefficient (Wildman–Crippen LogP) is 4.26. The first-order chi connectivity index (χ1) is 12.5. The van der Waals surface area contributed by atoms with Crippen LogP contribution in [-0.4, -0.2) is 22.1 Å². The van der Waals surface area contributed by atoms with Crippen LogP contribution in [0.3, 0.4) is 0 Å². The summed E-state index contributed by atoms with van der Waals surface area (Å²) in [5.74, 6) is -0.401. The minimum atomic E-state index is -0.662. The van der Waals surface area contributed by atoms with Gasteiger partial charge < -0.3 is 4.74 Å². The van der Waals surface area contributed by atoms with Crippen molar-refractivity contribution in [1.29, 1.82) is 0 Å². The molecule has 6 heteroatoms. The molecule has 2 aromatic heterocycles. The van der Waals surface area contributed by atoms with E-state index in [-0.39, 0.29) is 12.2 Å². The summed E-state index contributed by atoms with van der Waals surface area (Å²) < 4.78 is 6.53. The third-order valence-electron chi connectivity index (χ3n) is 4.43. The van der Waals surface area contributed by atoms with Gasteiger partial charge in [0.2, 0.25) is 0 Å². The average molecular weight is 370 g/mol. The van der Waals surface area contributed by atoms with Gasteiger partial charge in [-0.15, -0.1) is 11.3 Å². The first-order valence-electron chi connectivity index (χ1n) is 8.71. The lowest BCUT2D eigenvalue weighted by Gasteiger charge is -2.16. The number of nitrogens with zero attached hydrogens (tertiary/aromatic N) is 2. The molecule has 0 unspecified atom stereocenters. The van der Waals surface area contributed by atoms with Gasteiger partial charge in [-0.05, 0) is 32.8 Å². The second-order valence-corrected chi connectivity index (χ2v) is 7.42. The zero-order chi connectivity index (χ0) is 18.8. The molecule has 0 fully saturated rings. The van der Waals surface area contributed by atoms with Crippen molar-refractivity contribution >= 4 is 27.5 Å². The molecule has 0 saturated heterocycles. The molecule has 0 amide bonds. The average Bonchev–Trinajstić information content (AvgIpc) is 2.95. The van der Waals surface area contributed by atoms with Gasteiger partial charge in [0.05, 0.1) is 18.3 Å². The van der Waals surface area contributed by atoms with Gasteiger partial charge in [0, 0.05) is 10.4 Å². The minimum Gasteiger partial charge on any atom is -0.464 e. The number of aryl methyl sites for hydroxylation is 2. The molecular formula is C20H22N2O3S. The van der Waals surface area contributed by atoms with E-state index in [1.807, 2.05) is 45.0 Å². The van der Waals surface area contributed by atoms with Gasteiger partial charge in [0.1, 0.15) is 10.9 Å². The lowest BCUT2D eigenvalue weighted by atomic mass is 10.0. The number of hydrogen-bond donors (Lipinski definition) is 0. The third-order valence-corrected chi connectivity index (χ3v) is 5.45. The normalized spacial score (nSPS) is 12.3. The molecule has 0 spiro atoms. The Morgan fingerprint density at radius 3 is 2.54 bits per heavy atom. The van der Waals surface area contributed by atoms with E-state index in [0.29, 0.717) is 16.6 Å². The molecule has 2 heterocycles. The van der Waals surface area contributed by atoms with Gasteiger partial charge in [0.25, 0.3) is 5.56 Å². The highest BCUT2D eigenvalue weighted by molar-refractivity contribution is 7.19. The van der Waals surface area contributed by atoms with Gasteiger partial charge in [-0.3, -0.25) is 9.36 Å². The van der Waals surface area contributed by atoms with Crippen LogP contribution < -0.4 is 5.56 Å². The summed E-state index contributed by atoms with van der Waals surface area (Å²) in [4.78, 5) is 31.7. The van der Waals surface area contributed by atoms with E-state index >= 15 is 0 Å². The van der Waals surface area contributed by atoms with Gasteiger partial charge in [-0.2, -0.15) is 0 Å². The van der Waals surface area contributed by atoms with E-state index in [1.54, 1.807) is 6.92 Å². The summed E-state index contributed by atoms with van der Waals surface area (Å²) in [7, 11) is 0. The maximum absolute atomic E-state index is 13.2. The fourth-order valence-corrected chi connectivity index (χ4v) is 4.12. The van der Waals surface area contributed by atoms with Crippen LogP contribution in [0.25, 0.3) is 21.3 Å². The molecule has 3 rings (SSSR count). The van der Waals surface area contributed by atoms with Crippen molar-refractivity contribution in [3.05, 3.63) is 51.4 Å². The van der Waals surface area contributed by atoms with Crippen LogP contribution in [0, 0.1) is 13.8 Å². The van der Waals surface area contributed by atoms with Crippen LogP contribution in [0.15, 0.2) is 35.4 Å². The molecule has 26 heavy (non-hydrogen) atoms. The van der Waals surface area contributed by atoms with Crippen LogP contribution >= 0.6 is 11.3 Å². The summed E-state index contributed by atoms with van der Waals surface area (Å²) >= 11 is 1.50. The lowest BCUT2D eigenvalue weighted by Crippen LogP contribution is -2.31. The number of ether oxygens (including phenoxy) is 1. The molecule has 136 valence electrons. The molecule has 0 radical (unpaired) electrons. The highest BCUT2D eigenvalue weighted by Gasteiger charge is 2.24. The van der Waals surface area contributed by atoms with Gasteiger partial charge >= 0.3 is 5.97 Å². The van der Waals surface area contributed by atoms with E-state index < -0.39 is 12.0 Å². The maximum Gasteiger partial charge on any atom is 0.329 e. The topological polar surface area (TPSA) is 61.2 Å². The van der Waals surface area contributed by atoms with Crippen molar-refractivity contribution in [3.63, 3.8) is 0 Å². The fraction of sp³-hybridized carbons (Fsp3) is 0.350. The van der Waals surface area contributed by atoms with Gasteiger partial charge in [-0.1, -0.05) is 36.8 Å². The summed E-state index contributed by atoms with van der Waals surface area (Å²) in [6.45, 7) is 7.92. The summed E-state index contributed by atoms with van der Waals surface area (Å²) in [5.41, 5.74) is 2.85. The zero-order valence-corrected chi connectivity index (χ0v) is 16.2. The zero-order valence-electron chi connectivity index (χ0n) is 15.4. The molecule has 1 aromatic carbocycles. The number of rotatable bonds is 5. The third kappa shape index (κ3) is 3.17. The van der Waals surface area contributed by atoms with Gasteiger partial charge in [-0.25, -0.2) is 9.78 Å². The number of thiophene rings is 1. The Balaban J connectivity index is 2.22. The Labute approximate surface area is 156 Å².